The van der Waals surface area contributed by atoms with Crippen molar-refractivity contribution in [1.82, 2.24) is 24.1 Å². The second-order valence-corrected chi connectivity index (χ2v) is 12.7. The fourth-order valence-electron chi connectivity index (χ4n) is 5.51. The van der Waals surface area contributed by atoms with Crippen molar-refractivity contribution in [3.63, 3.8) is 0 Å². The lowest BCUT2D eigenvalue weighted by molar-refractivity contribution is 0.148. The molecule has 0 bridgehead atoms. The topological polar surface area (TPSA) is 117 Å². The molecule has 11 heteroatoms. The standard InChI is InChI=1S/C27H38N8O2S/c1-33-14-16-34(17-15-33)20-21-6-8-25(9-7-21)38(36,37)35-12-10-24(11-13-35)31-27-29-19-22(18-28)26(32-27)30-23-4-2-3-5-23/h6-9,19,23-24H,2-5,10-17,20H2,1H3,(H2,29,30,31,32). The summed E-state index contributed by atoms with van der Waals surface area (Å²) in [5.74, 6) is 1.05. The van der Waals surface area contributed by atoms with Crippen LogP contribution in [0, 0.1) is 11.3 Å². The number of nitrogens with zero attached hydrogens (tertiary/aromatic N) is 6. The summed E-state index contributed by atoms with van der Waals surface area (Å²) in [6, 6.07) is 9.96. The Labute approximate surface area is 226 Å². The molecule has 3 fully saturated rings. The second-order valence-electron chi connectivity index (χ2n) is 10.7. The molecule has 10 nitrogen and oxygen atoms in total. The minimum absolute atomic E-state index is 0.0691. The number of anilines is 2. The lowest BCUT2D eigenvalue weighted by atomic mass is 10.1. The van der Waals surface area contributed by atoms with Crippen molar-refractivity contribution in [1.29, 1.82) is 5.26 Å². The van der Waals surface area contributed by atoms with Crippen LogP contribution in [0.3, 0.4) is 0 Å². The van der Waals surface area contributed by atoms with Crippen molar-refractivity contribution >= 4 is 21.8 Å². The molecule has 3 aliphatic rings. The Morgan fingerprint density at radius 3 is 2.26 bits per heavy atom. The van der Waals surface area contributed by atoms with Crippen molar-refractivity contribution < 1.29 is 8.42 Å². The third-order valence-electron chi connectivity index (χ3n) is 7.96. The van der Waals surface area contributed by atoms with E-state index in [1.807, 2.05) is 12.1 Å². The number of sulfonamides is 1. The van der Waals surface area contributed by atoms with Gasteiger partial charge in [-0.1, -0.05) is 25.0 Å². The molecule has 1 aromatic heterocycles. The zero-order chi connectivity index (χ0) is 26.5. The van der Waals surface area contributed by atoms with Gasteiger partial charge >= 0.3 is 0 Å². The molecule has 0 radical (unpaired) electrons. The van der Waals surface area contributed by atoms with E-state index in [2.05, 4.69) is 43.5 Å². The second kappa shape index (κ2) is 11.9. The third kappa shape index (κ3) is 6.43. The zero-order valence-corrected chi connectivity index (χ0v) is 23.0. The van der Waals surface area contributed by atoms with Gasteiger partial charge in [-0.2, -0.15) is 14.6 Å². The molecule has 0 spiro atoms. The maximum absolute atomic E-state index is 13.3. The molecule has 2 saturated heterocycles. The Kier molecular flexibility index (Phi) is 8.43. The van der Waals surface area contributed by atoms with Gasteiger partial charge in [0.05, 0.1) is 11.1 Å². The molecule has 1 aromatic carbocycles. The molecule has 0 atom stereocenters. The van der Waals surface area contributed by atoms with E-state index >= 15 is 0 Å². The van der Waals surface area contributed by atoms with E-state index in [4.69, 9.17) is 0 Å². The van der Waals surface area contributed by atoms with Crippen LogP contribution in [0.1, 0.15) is 49.7 Å². The average Bonchev–Trinajstić information content (AvgIpc) is 3.44. The number of nitrogens with one attached hydrogen (secondary N) is 2. The Morgan fingerprint density at radius 2 is 1.61 bits per heavy atom. The van der Waals surface area contributed by atoms with Crippen LogP contribution in [0.2, 0.25) is 0 Å². The highest BCUT2D eigenvalue weighted by Gasteiger charge is 2.30. The van der Waals surface area contributed by atoms with Crippen molar-refractivity contribution in [2.24, 2.45) is 0 Å². The van der Waals surface area contributed by atoms with Crippen LogP contribution in [-0.2, 0) is 16.6 Å². The molecule has 3 heterocycles. The van der Waals surface area contributed by atoms with Gasteiger partial charge in [-0.15, -0.1) is 0 Å². The lowest BCUT2D eigenvalue weighted by Crippen LogP contribution is -2.43. The van der Waals surface area contributed by atoms with Crippen molar-refractivity contribution in [3.8, 4) is 6.07 Å². The summed E-state index contributed by atoms with van der Waals surface area (Å²) in [7, 11) is -1.40. The number of aromatic nitrogens is 2. The van der Waals surface area contributed by atoms with E-state index in [1.54, 1.807) is 22.6 Å². The molecule has 1 saturated carbocycles. The normalized spacial score (nSPS) is 20.8. The highest BCUT2D eigenvalue weighted by atomic mass is 32.2. The molecule has 0 unspecified atom stereocenters. The van der Waals surface area contributed by atoms with Crippen LogP contribution in [-0.4, -0.2) is 90.9 Å². The molecule has 2 aliphatic heterocycles. The molecular weight excluding hydrogens is 500 g/mol. The van der Waals surface area contributed by atoms with Gasteiger partial charge in [0.2, 0.25) is 16.0 Å². The van der Waals surface area contributed by atoms with E-state index in [0.29, 0.717) is 54.2 Å². The van der Waals surface area contributed by atoms with Gasteiger partial charge in [0.25, 0.3) is 0 Å². The van der Waals surface area contributed by atoms with Gasteiger partial charge in [-0.25, -0.2) is 13.4 Å². The Balaban J connectivity index is 1.15. The summed E-state index contributed by atoms with van der Waals surface area (Å²) in [5.41, 5.74) is 1.58. The van der Waals surface area contributed by atoms with E-state index in [-0.39, 0.29) is 6.04 Å². The number of hydrogen-bond acceptors (Lipinski definition) is 9. The van der Waals surface area contributed by atoms with Gasteiger partial charge in [0, 0.05) is 57.9 Å². The first-order valence-corrected chi connectivity index (χ1v) is 15.1. The Morgan fingerprint density at radius 1 is 0.947 bits per heavy atom. The smallest absolute Gasteiger partial charge is 0.243 e. The molecule has 2 aromatic rings. The summed E-state index contributed by atoms with van der Waals surface area (Å²) in [4.78, 5) is 14.0. The SMILES string of the molecule is CN1CCN(Cc2ccc(S(=O)(=O)N3CCC(Nc4ncc(C#N)c(NC5CCCC5)n4)CC3)cc2)CC1. The number of rotatable bonds is 8. The summed E-state index contributed by atoms with van der Waals surface area (Å²) in [6.45, 7) is 5.91. The summed E-state index contributed by atoms with van der Waals surface area (Å²) in [5, 5.41) is 16.2. The number of likely N-dealkylation sites (N-methyl/N-ethyl adjacent to an activating group) is 1. The maximum atomic E-state index is 13.3. The fourth-order valence-corrected chi connectivity index (χ4v) is 6.98. The van der Waals surface area contributed by atoms with Crippen LogP contribution in [0.15, 0.2) is 35.4 Å². The lowest BCUT2D eigenvalue weighted by Gasteiger charge is -2.32. The van der Waals surface area contributed by atoms with Crippen LogP contribution in [0.5, 0.6) is 0 Å². The minimum Gasteiger partial charge on any atom is -0.366 e. The summed E-state index contributed by atoms with van der Waals surface area (Å²) < 4.78 is 28.2. The monoisotopic (exact) mass is 538 g/mol. The van der Waals surface area contributed by atoms with Gasteiger partial charge < -0.3 is 15.5 Å². The molecular formula is C27H38N8O2S. The predicted octanol–water partition coefficient (Wildman–Crippen LogP) is 2.72. The first kappa shape index (κ1) is 26.8. The Hall–Kier alpha value is -2.78. The average molecular weight is 539 g/mol. The number of piperazine rings is 1. The summed E-state index contributed by atoms with van der Waals surface area (Å²) in [6.07, 6.45) is 7.44. The van der Waals surface area contributed by atoms with Gasteiger partial charge in [0.1, 0.15) is 17.5 Å². The largest absolute Gasteiger partial charge is 0.366 e. The van der Waals surface area contributed by atoms with E-state index in [0.717, 1.165) is 51.1 Å². The molecule has 0 amide bonds. The van der Waals surface area contributed by atoms with Crippen LogP contribution >= 0.6 is 0 Å². The number of nitriles is 1. The quantitative estimate of drug-likeness (QED) is 0.523. The first-order chi connectivity index (χ1) is 18.4. The van der Waals surface area contributed by atoms with Gasteiger partial charge in [-0.05, 0) is 50.4 Å². The zero-order valence-electron chi connectivity index (χ0n) is 22.1. The van der Waals surface area contributed by atoms with E-state index < -0.39 is 10.0 Å². The van der Waals surface area contributed by atoms with Crippen molar-refractivity contribution in [2.45, 2.75) is 62.0 Å². The van der Waals surface area contributed by atoms with Crippen molar-refractivity contribution in [2.75, 3.05) is 56.9 Å². The number of benzene rings is 1. The molecule has 204 valence electrons. The highest BCUT2D eigenvalue weighted by Crippen LogP contribution is 2.25. The maximum Gasteiger partial charge on any atom is 0.243 e. The van der Waals surface area contributed by atoms with Gasteiger partial charge in [-0.3, -0.25) is 4.90 Å². The van der Waals surface area contributed by atoms with Crippen LogP contribution in [0.25, 0.3) is 0 Å². The number of hydrogen-bond donors (Lipinski definition) is 2. The Bertz CT molecular complexity index is 1220. The minimum atomic E-state index is -3.54. The molecule has 2 N–H and O–H groups in total. The third-order valence-corrected chi connectivity index (χ3v) is 9.87. The molecule has 5 rings (SSSR count). The molecule has 1 aliphatic carbocycles. The van der Waals surface area contributed by atoms with Gasteiger partial charge in [0.15, 0.2) is 0 Å². The highest BCUT2D eigenvalue weighted by molar-refractivity contribution is 7.89. The van der Waals surface area contributed by atoms with Crippen LogP contribution in [0.4, 0.5) is 11.8 Å². The van der Waals surface area contributed by atoms with Crippen molar-refractivity contribution in [3.05, 3.63) is 41.6 Å². The molecule has 38 heavy (non-hydrogen) atoms. The summed E-state index contributed by atoms with van der Waals surface area (Å²) >= 11 is 0. The van der Waals surface area contributed by atoms with Crippen LogP contribution < -0.4 is 10.6 Å². The predicted molar refractivity (Wildman–Crippen MR) is 147 cm³/mol. The first-order valence-electron chi connectivity index (χ1n) is 13.7. The fraction of sp³-hybridized carbons (Fsp3) is 0.593. The number of piperidine rings is 1. The van der Waals surface area contributed by atoms with E-state index in [1.165, 1.54) is 12.8 Å². The van der Waals surface area contributed by atoms with E-state index in [9.17, 15) is 13.7 Å².